The van der Waals surface area contributed by atoms with Crippen molar-refractivity contribution in [2.75, 3.05) is 20.8 Å². The zero-order valence-electron chi connectivity index (χ0n) is 7.11. The van der Waals surface area contributed by atoms with E-state index in [0.29, 0.717) is 11.8 Å². The Morgan fingerprint density at radius 1 is 1.75 bits per heavy atom. The van der Waals surface area contributed by atoms with Crippen molar-refractivity contribution in [3.63, 3.8) is 0 Å². The number of hydrogen-bond donors (Lipinski definition) is 0. The first-order chi connectivity index (χ1) is 5.74. The maximum Gasteiger partial charge on any atom is 0.255 e. The maximum absolute atomic E-state index is 11.7. The normalized spacial score (nSPS) is 51.7. The molecule has 66 valence electrons. The van der Waals surface area contributed by atoms with Crippen LogP contribution < -0.4 is 0 Å². The molecule has 4 fully saturated rings. The lowest BCUT2D eigenvalue weighted by atomic mass is 10.1. The fraction of sp³-hybridized carbons (Fsp3) is 0.875. The van der Waals surface area contributed by atoms with Crippen LogP contribution in [0.1, 0.15) is 0 Å². The van der Waals surface area contributed by atoms with Gasteiger partial charge in [0.05, 0.1) is 25.2 Å². The predicted molar refractivity (Wildman–Crippen MR) is 38.9 cm³/mol. The largest absolute Gasteiger partial charge is 0.376 e. The molecule has 0 spiro atoms. The molecular formula is C8H11NO3. The Hall–Kier alpha value is -0.610. The Balaban J connectivity index is 1.80. The Kier molecular flexibility index (Phi) is 0.957. The molecule has 2 bridgehead atoms. The molecule has 2 saturated carbocycles. The summed E-state index contributed by atoms with van der Waals surface area (Å²) >= 11 is 0. The van der Waals surface area contributed by atoms with Gasteiger partial charge in [0.2, 0.25) is 0 Å². The highest BCUT2D eigenvalue weighted by Crippen LogP contribution is 2.85. The molecule has 2 saturated heterocycles. The van der Waals surface area contributed by atoms with E-state index in [9.17, 15) is 4.79 Å². The number of hydrogen-bond acceptors (Lipinski definition) is 3. The van der Waals surface area contributed by atoms with Gasteiger partial charge in [-0.15, -0.1) is 0 Å². The van der Waals surface area contributed by atoms with E-state index in [4.69, 9.17) is 9.57 Å². The van der Waals surface area contributed by atoms with Crippen molar-refractivity contribution in [1.82, 2.24) is 5.06 Å². The molecule has 2 heterocycles. The number of hydroxylamine groups is 2. The molecule has 1 amide bonds. The van der Waals surface area contributed by atoms with Crippen LogP contribution in [0.5, 0.6) is 0 Å². The van der Waals surface area contributed by atoms with Crippen LogP contribution in [0.2, 0.25) is 0 Å². The molecule has 4 heteroatoms. The minimum absolute atomic E-state index is 0.0995. The Labute approximate surface area is 70.4 Å². The highest BCUT2D eigenvalue weighted by atomic mass is 16.7. The van der Waals surface area contributed by atoms with E-state index in [1.165, 1.54) is 12.2 Å². The van der Waals surface area contributed by atoms with Crippen LogP contribution >= 0.6 is 0 Å². The van der Waals surface area contributed by atoms with E-state index in [0.717, 1.165) is 6.61 Å². The number of rotatable bonds is 2. The minimum atomic E-state index is -0.134. The Bertz CT molecular complexity index is 244. The second-order valence-corrected chi connectivity index (χ2v) is 3.80. The van der Waals surface area contributed by atoms with Crippen molar-refractivity contribution < 1.29 is 14.4 Å². The molecule has 1 unspecified atom stereocenters. The molecule has 0 aromatic carbocycles. The summed E-state index contributed by atoms with van der Waals surface area (Å²) < 4.78 is 5.38. The quantitative estimate of drug-likeness (QED) is 0.530. The van der Waals surface area contributed by atoms with Crippen molar-refractivity contribution in [1.29, 1.82) is 0 Å². The molecular weight excluding hydrogens is 158 g/mol. The van der Waals surface area contributed by atoms with Gasteiger partial charge in [0.15, 0.2) is 0 Å². The van der Waals surface area contributed by atoms with E-state index < -0.39 is 0 Å². The molecule has 4 rings (SSSR count). The lowest BCUT2D eigenvalue weighted by molar-refractivity contribution is -0.173. The third-order valence-electron chi connectivity index (χ3n) is 3.56. The van der Waals surface area contributed by atoms with Crippen molar-refractivity contribution in [3.8, 4) is 0 Å². The van der Waals surface area contributed by atoms with Crippen molar-refractivity contribution in [2.45, 2.75) is 6.10 Å². The summed E-state index contributed by atoms with van der Waals surface area (Å²) in [6.45, 7) is 0.776. The summed E-state index contributed by atoms with van der Waals surface area (Å²) in [5.74, 6) is 1.14. The summed E-state index contributed by atoms with van der Waals surface area (Å²) in [6, 6.07) is 0. The van der Waals surface area contributed by atoms with Gasteiger partial charge in [0.25, 0.3) is 5.91 Å². The van der Waals surface area contributed by atoms with Gasteiger partial charge in [-0.1, -0.05) is 0 Å². The second-order valence-electron chi connectivity index (χ2n) is 3.80. The highest BCUT2D eigenvalue weighted by Gasteiger charge is 2.95. The fourth-order valence-electron chi connectivity index (χ4n) is 2.69. The fourth-order valence-corrected chi connectivity index (χ4v) is 2.69. The monoisotopic (exact) mass is 169 g/mol. The summed E-state index contributed by atoms with van der Waals surface area (Å²) in [7, 11) is 3.17. The summed E-state index contributed by atoms with van der Waals surface area (Å²) in [6.07, 6.45) is 0.229. The van der Waals surface area contributed by atoms with Crippen LogP contribution in [0.3, 0.4) is 0 Å². The first-order valence-corrected chi connectivity index (χ1v) is 4.18. The third kappa shape index (κ3) is 0.448. The summed E-state index contributed by atoms with van der Waals surface area (Å²) in [5, 5.41) is 1.32. The second kappa shape index (κ2) is 1.67. The number of ether oxygens (including phenoxy) is 1. The molecule has 4 aliphatic rings. The van der Waals surface area contributed by atoms with Crippen LogP contribution in [0.4, 0.5) is 0 Å². The number of amides is 1. The number of nitrogens with zero attached hydrogens (tertiary/aromatic N) is 1. The lowest BCUT2D eigenvalue weighted by Crippen LogP contribution is -2.32. The molecule has 0 aromatic heterocycles. The van der Waals surface area contributed by atoms with E-state index in [-0.39, 0.29) is 17.4 Å². The lowest BCUT2D eigenvalue weighted by Gasteiger charge is -2.16. The van der Waals surface area contributed by atoms with Crippen molar-refractivity contribution in [2.24, 2.45) is 17.3 Å². The van der Waals surface area contributed by atoms with Gasteiger partial charge in [0.1, 0.15) is 0 Å². The number of carbonyl (C=O) groups excluding carboxylic acids is 1. The SMILES string of the molecule is CON(C)C(=O)[C@]12C3OC[C@@H]1[C@H]32. The molecule has 0 N–H and O–H groups in total. The van der Waals surface area contributed by atoms with E-state index in [1.807, 2.05) is 0 Å². The van der Waals surface area contributed by atoms with E-state index in [2.05, 4.69) is 0 Å². The molecule has 4 atom stereocenters. The van der Waals surface area contributed by atoms with Crippen molar-refractivity contribution in [3.05, 3.63) is 0 Å². The average Bonchev–Trinajstić information content (AvgIpc) is 2.78. The molecule has 12 heavy (non-hydrogen) atoms. The smallest absolute Gasteiger partial charge is 0.255 e. The van der Waals surface area contributed by atoms with Gasteiger partial charge in [-0.3, -0.25) is 9.63 Å². The van der Waals surface area contributed by atoms with E-state index >= 15 is 0 Å². The van der Waals surface area contributed by atoms with Gasteiger partial charge in [0, 0.05) is 18.9 Å². The predicted octanol–water partition coefficient (Wildman–Crippen LogP) is -0.349. The van der Waals surface area contributed by atoms with Crippen LogP contribution in [-0.2, 0) is 14.4 Å². The average molecular weight is 169 g/mol. The number of fused-ring (bicyclic) bond motifs is 1. The zero-order valence-corrected chi connectivity index (χ0v) is 7.11. The van der Waals surface area contributed by atoms with Crippen LogP contribution in [0.15, 0.2) is 0 Å². The van der Waals surface area contributed by atoms with Crippen LogP contribution in [0.25, 0.3) is 0 Å². The maximum atomic E-state index is 11.7. The number of carbonyl (C=O) groups is 1. The topological polar surface area (TPSA) is 38.8 Å². The van der Waals surface area contributed by atoms with Gasteiger partial charge >= 0.3 is 0 Å². The Morgan fingerprint density at radius 2 is 2.50 bits per heavy atom. The van der Waals surface area contributed by atoms with Gasteiger partial charge < -0.3 is 4.74 Å². The third-order valence-corrected chi connectivity index (χ3v) is 3.56. The standard InChI is InChI=1S/C8H11NO3/c1-9(11-2)7(10)8-4-3-12-6(8)5(4)8/h4-6H,3H2,1-2H3/t4-,5-,6?,8-/m1/s1. The van der Waals surface area contributed by atoms with E-state index in [1.54, 1.807) is 7.05 Å². The summed E-state index contributed by atoms with van der Waals surface area (Å²) in [5.41, 5.74) is -0.134. The van der Waals surface area contributed by atoms with Crippen molar-refractivity contribution >= 4 is 5.91 Å². The van der Waals surface area contributed by atoms with Crippen LogP contribution in [0, 0.1) is 17.3 Å². The molecule has 4 nitrogen and oxygen atoms in total. The Morgan fingerprint density at radius 3 is 2.92 bits per heavy atom. The molecule has 0 radical (unpaired) electrons. The molecule has 0 aromatic rings. The van der Waals surface area contributed by atoms with Gasteiger partial charge in [-0.2, -0.15) is 0 Å². The molecule has 2 aliphatic heterocycles. The highest BCUT2D eigenvalue weighted by molar-refractivity contribution is 5.92. The van der Waals surface area contributed by atoms with Crippen LogP contribution in [-0.4, -0.2) is 37.8 Å². The summed E-state index contributed by atoms with van der Waals surface area (Å²) in [4.78, 5) is 16.5. The zero-order chi connectivity index (χ0) is 8.51. The van der Waals surface area contributed by atoms with Gasteiger partial charge in [-0.05, 0) is 0 Å². The molecule has 2 aliphatic carbocycles. The van der Waals surface area contributed by atoms with Gasteiger partial charge in [-0.25, -0.2) is 5.06 Å². The first-order valence-electron chi connectivity index (χ1n) is 4.18. The minimum Gasteiger partial charge on any atom is -0.376 e. The first kappa shape index (κ1) is 6.86.